The van der Waals surface area contributed by atoms with Crippen LogP contribution in [0.25, 0.3) is 6.08 Å². The molecule has 0 aliphatic rings. The molecule has 1 N–H and O–H groups in total. The molecule has 0 bridgehead atoms. The summed E-state index contributed by atoms with van der Waals surface area (Å²) in [4.78, 5) is 38.5. The Morgan fingerprint density at radius 2 is 1.86 bits per heavy atom. The SMILES string of the molecule is CC(=O)NCc1ccc(C(=O)COC(=O)/C(C#N)=C/c2ccc(N(C)C)cc2)s1. The van der Waals surface area contributed by atoms with Crippen molar-refractivity contribution in [3.63, 3.8) is 0 Å². The number of ketones is 1. The molecule has 0 fully saturated rings. The molecular formula is C21H21N3O4S. The van der Waals surface area contributed by atoms with Crippen molar-refractivity contribution in [2.45, 2.75) is 13.5 Å². The normalized spacial score (nSPS) is 10.8. The van der Waals surface area contributed by atoms with Crippen LogP contribution >= 0.6 is 11.3 Å². The van der Waals surface area contributed by atoms with Crippen LogP contribution in [-0.4, -0.2) is 38.4 Å². The fourth-order valence-electron chi connectivity index (χ4n) is 2.29. The molecule has 8 heteroatoms. The van der Waals surface area contributed by atoms with Gasteiger partial charge in [0.1, 0.15) is 11.6 Å². The third-order valence-electron chi connectivity index (χ3n) is 3.84. The minimum Gasteiger partial charge on any atom is -0.453 e. The third-order valence-corrected chi connectivity index (χ3v) is 4.97. The number of thiophene rings is 1. The highest BCUT2D eigenvalue weighted by molar-refractivity contribution is 7.14. The highest BCUT2D eigenvalue weighted by Crippen LogP contribution is 2.18. The lowest BCUT2D eigenvalue weighted by Gasteiger charge is -2.11. The molecule has 7 nitrogen and oxygen atoms in total. The number of rotatable bonds is 8. The molecule has 2 rings (SSSR count). The Balaban J connectivity index is 1.96. The summed E-state index contributed by atoms with van der Waals surface area (Å²) in [6.07, 6.45) is 1.42. The number of carbonyl (C=O) groups is 3. The second-order valence-corrected chi connectivity index (χ2v) is 7.50. The van der Waals surface area contributed by atoms with E-state index in [0.29, 0.717) is 17.0 Å². The van der Waals surface area contributed by atoms with Gasteiger partial charge in [0.25, 0.3) is 0 Å². The number of ether oxygens (including phenoxy) is 1. The summed E-state index contributed by atoms with van der Waals surface area (Å²) in [5.41, 5.74) is 1.48. The van der Waals surface area contributed by atoms with Crippen LogP contribution < -0.4 is 10.2 Å². The van der Waals surface area contributed by atoms with Crippen LogP contribution in [0, 0.1) is 11.3 Å². The first-order valence-corrected chi connectivity index (χ1v) is 9.54. The van der Waals surface area contributed by atoms with Gasteiger partial charge in [0.15, 0.2) is 6.61 Å². The summed E-state index contributed by atoms with van der Waals surface area (Å²) in [5.74, 6) is -1.38. The summed E-state index contributed by atoms with van der Waals surface area (Å²) in [7, 11) is 3.83. The maximum atomic E-state index is 12.2. The van der Waals surface area contributed by atoms with Gasteiger partial charge in [-0.05, 0) is 35.9 Å². The number of esters is 1. The van der Waals surface area contributed by atoms with E-state index in [-0.39, 0.29) is 17.3 Å². The van der Waals surface area contributed by atoms with Crippen molar-refractivity contribution in [1.82, 2.24) is 5.32 Å². The second-order valence-electron chi connectivity index (χ2n) is 6.33. The molecule has 29 heavy (non-hydrogen) atoms. The zero-order valence-corrected chi connectivity index (χ0v) is 17.2. The highest BCUT2D eigenvalue weighted by atomic mass is 32.1. The van der Waals surface area contributed by atoms with Crippen molar-refractivity contribution in [1.29, 1.82) is 5.26 Å². The largest absolute Gasteiger partial charge is 0.453 e. The topological polar surface area (TPSA) is 99.5 Å². The first kappa shape index (κ1) is 21.9. The van der Waals surface area contributed by atoms with E-state index in [0.717, 1.165) is 10.6 Å². The van der Waals surface area contributed by atoms with Gasteiger partial charge in [0, 0.05) is 31.6 Å². The first-order valence-electron chi connectivity index (χ1n) is 8.73. The molecule has 0 aliphatic carbocycles. The monoisotopic (exact) mass is 411 g/mol. The lowest BCUT2D eigenvalue weighted by atomic mass is 10.1. The van der Waals surface area contributed by atoms with E-state index < -0.39 is 12.6 Å². The number of nitrogens with one attached hydrogen (secondary N) is 1. The lowest BCUT2D eigenvalue weighted by molar-refractivity contribution is -0.137. The fraction of sp³-hybridized carbons (Fsp3) is 0.238. The van der Waals surface area contributed by atoms with Crippen LogP contribution in [0.3, 0.4) is 0 Å². The lowest BCUT2D eigenvalue weighted by Crippen LogP contribution is -2.18. The van der Waals surface area contributed by atoms with E-state index >= 15 is 0 Å². The molecule has 0 aliphatic heterocycles. The van der Waals surface area contributed by atoms with Gasteiger partial charge in [-0.3, -0.25) is 9.59 Å². The standard InChI is InChI=1S/C21H21N3O4S/c1-14(25)23-12-18-8-9-20(29-18)19(26)13-28-21(27)16(11-22)10-15-4-6-17(7-5-15)24(2)3/h4-10H,12-13H2,1-3H3,(H,23,25)/b16-10+. The molecule has 150 valence electrons. The van der Waals surface area contributed by atoms with Crippen LogP contribution in [0.4, 0.5) is 5.69 Å². The van der Waals surface area contributed by atoms with Crippen molar-refractivity contribution in [3.05, 3.63) is 57.3 Å². The molecule has 0 saturated carbocycles. The molecular weight excluding hydrogens is 390 g/mol. The van der Waals surface area contributed by atoms with Crippen LogP contribution in [0.15, 0.2) is 42.0 Å². The minimum atomic E-state index is -0.854. The third kappa shape index (κ3) is 6.59. The van der Waals surface area contributed by atoms with E-state index in [1.807, 2.05) is 37.2 Å². The quantitative estimate of drug-likeness (QED) is 0.310. The summed E-state index contributed by atoms with van der Waals surface area (Å²) in [5, 5.41) is 11.9. The Morgan fingerprint density at radius 3 is 2.45 bits per heavy atom. The van der Waals surface area contributed by atoms with E-state index in [1.165, 1.54) is 24.3 Å². The van der Waals surface area contributed by atoms with Crippen molar-refractivity contribution in [2.24, 2.45) is 0 Å². The minimum absolute atomic E-state index is 0.160. The van der Waals surface area contributed by atoms with Crippen molar-refractivity contribution in [3.8, 4) is 6.07 Å². The zero-order valence-electron chi connectivity index (χ0n) is 16.4. The number of benzene rings is 1. The second kappa shape index (κ2) is 10.2. The summed E-state index contributed by atoms with van der Waals surface area (Å²) in [6, 6.07) is 12.5. The van der Waals surface area contributed by atoms with Crippen LogP contribution in [0.2, 0.25) is 0 Å². The number of Topliss-reactive ketones (excluding diaryl/α,β-unsaturated/α-hetero) is 1. The molecule has 1 heterocycles. The smallest absolute Gasteiger partial charge is 0.349 e. The van der Waals surface area contributed by atoms with Gasteiger partial charge in [0.2, 0.25) is 11.7 Å². The summed E-state index contributed by atoms with van der Waals surface area (Å²) in [6.45, 7) is 1.29. The number of anilines is 1. The fourth-order valence-corrected chi connectivity index (χ4v) is 3.16. The van der Waals surface area contributed by atoms with Gasteiger partial charge in [-0.1, -0.05) is 12.1 Å². The van der Waals surface area contributed by atoms with Crippen molar-refractivity contribution in [2.75, 3.05) is 25.6 Å². The van der Waals surface area contributed by atoms with E-state index in [2.05, 4.69) is 5.32 Å². The highest BCUT2D eigenvalue weighted by Gasteiger charge is 2.16. The summed E-state index contributed by atoms with van der Waals surface area (Å²) >= 11 is 1.22. The average Bonchev–Trinajstić information content (AvgIpc) is 3.18. The Kier molecular flexibility index (Phi) is 7.69. The van der Waals surface area contributed by atoms with Crippen molar-refractivity contribution < 1.29 is 19.1 Å². The first-order chi connectivity index (χ1) is 13.8. The van der Waals surface area contributed by atoms with Gasteiger partial charge in [0.05, 0.1) is 11.4 Å². The Labute approximate surface area is 173 Å². The van der Waals surface area contributed by atoms with E-state index in [9.17, 15) is 19.6 Å². The Morgan fingerprint density at radius 1 is 1.17 bits per heavy atom. The molecule has 0 unspecified atom stereocenters. The van der Waals surface area contributed by atoms with E-state index in [1.54, 1.807) is 24.3 Å². The molecule has 0 radical (unpaired) electrons. The molecule has 2 aromatic rings. The van der Waals surface area contributed by atoms with Gasteiger partial charge in [-0.15, -0.1) is 11.3 Å². The zero-order chi connectivity index (χ0) is 21.4. The molecule has 1 aromatic heterocycles. The molecule has 0 spiro atoms. The molecule has 1 aromatic carbocycles. The number of nitriles is 1. The molecule has 1 amide bonds. The summed E-state index contributed by atoms with van der Waals surface area (Å²) < 4.78 is 5.00. The van der Waals surface area contributed by atoms with Gasteiger partial charge in [-0.25, -0.2) is 4.79 Å². The van der Waals surface area contributed by atoms with Gasteiger partial charge >= 0.3 is 5.97 Å². The molecule has 0 atom stereocenters. The number of amides is 1. The number of carbonyl (C=O) groups excluding carboxylic acids is 3. The average molecular weight is 411 g/mol. The van der Waals surface area contributed by atoms with E-state index in [4.69, 9.17) is 4.74 Å². The Bertz CT molecular complexity index is 969. The molecule has 0 saturated heterocycles. The number of hydrogen-bond donors (Lipinski definition) is 1. The predicted octanol–water partition coefficient (Wildman–Crippen LogP) is 2.78. The van der Waals surface area contributed by atoms with Crippen LogP contribution in [-0.2, 0) is 20.9 Å². The number of nitrogens with zero attached hydrogens (tertiary/aromatic N) is 2. The van der Waals surface area contributed by atoms with Crippen LogP contribution in [0.5, 0.6) is 0 Å². The maximum absolute atomic E-state index is 12.2. The van der Waals surface area contributed by atoms with Gasteiger partial charge in [-0.2, -0.15) is 5.26 Å². The van der Waals surface area contributed by atoms with Gasteiger partial charge < -0.3 is 15.0 Å². The number of hydrogen-bond acceptors (Lipinski definition) is 7. The van der Waals surface area contributed by atoms with Crippen LogP contribution in [0.1, 0.15) is 27.0 Å². The van der Waals surface area contributed by atoms with Crippen molar-refractivity contribution >= 4 is 40.8 Å². The Hall–Kier alpha value is -3.44. The maximum Gasteiger partial charge on any atom is 0.349 e. The predicted molar refractivity (Wildman–Crippen MR) is 111 cm³/mol.